The van der Waals surface area contributed by atoms with Gasteiger partial charge in [0.05, 0.1) is 0 Å². The van der Waals surface area contributed by atoms with E-state index in [1.54, 1.807) is 0 Å². The molecule has 3 aromatic carbocycles. The number of carbonyl (C=O) groups is 1. The standard InChI is InChI=1S/C28H23NO3/c1-19-17-28(32-27(19)30,24-15-13-22(14-16-24)21-7-4-3-5-8-21)18-31-25-10-6-9-23-12-11-20(2)29-26(23)25/h3-16H,1,17-18H2,2H3. The molecule has 0 amide bonds. The lowest BCUT2D eigenvalue weighted by molar-refractivity contribution is -0.150. The third-order valence-electron chi connectivity index (χ3n) is 5.88. The van der Waals surface area contributed by atoms with Crippen LogP contribution in [0.4, 0.5) is 0 Å². The van der Waals surface area contributed by atoms with Gasteiger partial charge in [0.25, 0.3) is 0 Å². The topological polar surface area (TPSA) is 48.4 Å². The molecule has 0 spiro atoms. The summed E-state index contributed by atoms with van der Waals surface area (Å²) in [7, 11) is 0. The van der Waals surface area contributed by atoms with Crippen molar-refractivity contribution in [3.05, 3.63) is 108 Å². The Morgan fingerprint density at radius 3 is 2.41 bits per heavy atom. The Kier molecular flexibility index (Phi) is 4.98. The first-order valence-corrected chi connectivity index (χ1v) is 10.6. The summed E-state index contributed by atoms with van der Waals surface area (Å²) in [6, 6.07) is 28.1. The number of carbonyl (C=O) groups excluding carboxylic acids is 1. The fourth-order valence-corrected chi connectivity index (χ4v) is 4.15. The van der Waals surface area contributed by atoms with Crippen LogP contribution in [0.5, 0.6) is 5.75 Å². The molecule has 1 aliphatic heterocycles. The van der Waals surface area contributed by atoms with Crippen LogP contribution in [0.2, 0.25) is 0 Å². The average molecular weight is 421 g/mol. The number of hydrogen-bond donors (Lipinski definition) is 0. The molecule has 5 rings (SSSR count). The number of aromatic nitrogens is 1. The monoisotopic (exact) mass is 421 g/mol. The zero-order valence-electron chi connectivity index (χ0n) is 17.9. The molecule has 1 aromatic heterocycles. The van der Waals surface area contributed by atoms with E-state index >= 15 is 0 Å². The van der Waals surface area contributed by atoms with Gasteiger partial charge in [-0.2, -0.15) is 0 Å². The first-order chi connectivity index (χ1) is 15.5. The van der Waals surface area contributed by atoms with Crippen LogP contribution in [0.15, 0.2) is 97.1 Å². The molecule has 1 unspecified atom stereocenters. The first-order valence-electron chi connectivity index (χ1n) is 10.6. The molecule has 1 atom stereocenters. The first kappa shape index (κ1) is 20.0. The molecule has 2 heterocycles. The highest BCUT2D eigenvalue weighted by Crippen LogP contribution is 2.40. The van der Waals surface area contributed by atoms with E-state index in [0.717, 1.165) is 33.3 Å². The highest BCUT2D eigenvalue weighted by molar-refractivity contribution is 5.91. The molecule has 32 heavy (non-hydrogen) atoms. The van der Waals surface area contributed by atoms with Gasteiger partial charge in [-0.1, -0.05) is 79.4 Å². The van der Waals surface area contributed by atoms with Crippen LogP contribution in [0.3, 0.4) is 0 Å². The van der Waals surface area contributed by atoms with E-state index in [2.05, 4.69) is 23.7 Å². The summed E-state index contributed by atoms with van der Waals surface area (Å²) in [6.07, 6.45) is 0.383. The molecule has 4 nitrogen and oxygen atoms in total. The molecule has 1 aliphatic rings. The number of para-hydroxylation sites is 1. The third kappa shape index (κ3) is 3.65. The van der Waals surface area contributed by atoms with Gasteiger partial charge in [-0.25, -0.2) is 9.78 Å². The van der Waals surface area contributed by atoms with E-state index in [1.807, 2.05) is 79.7 Å². The molecular formula is C28H23NO3. The number of ether oxygens (including phenoxy) is 2. The van der Waals surface area contributed by atoms with E-state index in [1.165, 1.54) is 0 Å². The summed E-state index contributed by atoms with van der Waals surface area (Å²) < 4.78 is 12.1. The Morgan fingerprint density at radius 2 is 1.69 bits per heavy atom. The number of benzene rings is 3. The molecule has 0 aliphatic carbocycles. The number of fused-ring (bicyclic) bond motifs is 1. The van der Waals surface area contributed by atoms with Gasteiger partial charge in [0, 0.05) is 23.1 Å². The minimum Gasteiger partial charge on any atom is -0.487 e. The summed E-state index contributed by atoms with van der Waals surface area (Å²) in [6.45, 7) is 6.03. The number of aryl methyl sites for hydroxylation is 1. The Labute approximate surface area is 187 Å². The number of pyridine rings is 1. The molecule has 158 valence electrons. The average Bonchev–Trinajstić information content (AvgIpc) is 3.12. The van der Waals surface area contributed by atoms with Crippen LogP contribution < -0.4 is 4.74 Å². The number of hydrogen-bond acceptors (Lipinski definition) is 4. The maximum atomic E-state index is 12.3. The molecular weight excluding hydrogens is 398 g/mol. The van der Waals surface area contributed by atoms with Crippen LogP contribution >= 0.6 is 0 Å². The van der Waals surface area contributed by atoms with Crippen molar-refractivity contribution in [2.75, 3.05) is 6.61 Å². The fraction of sp³-hybridized carbons (Fsp3) is 0.143. The Bertz CT molecular complexity index is 1290. The van der Waals surface area contributed by atoms with Crippen LogP contribution in [-0.2, 0) is 15.1 Å². The lowest BCUT2D eigenvalue weighted by atomic mass is 9.89. The van der Waals surface area contributed by atoms with Gasteiger partial charge in [-0.05, 0) is 35.7 Å². The Balaban J connectivity index is 1.48. The lowest BCUT2D eigenvalue weighted by Gasteiger charge is -2.28. The van der Waals surface area contributed by atoms with Crippen molar-refractivity contribution in [2.45, 2.75) is 18.9 Å². The second kappa shape index (κ2) is 7.97. The van der Waals surface area contributed by atoms with Crippen molar-refractivity contribution in [1.82, 2.24) is 4.98 Å². The van der Waals surface area contributed by atoms with Crippen LogP contribution in [0.1, 0.15) is 17.7 Å². The molecule has 0 radical (unpaired) electrons. The summed E-state index contributed by atoms with van der Waals surface area (Å²) >= 11 is 0. The van der Waals surface area contributed by atoms with Gasteiger partial charge in [-0.15, -0.1) is 0 Å². The number of esters is 1. The second-order valence-corrected chi connectivity index (χ2v) is 8.18. The summed E-state index contributed by atoms with van der Waals surface area (Å²) in [5.74, 6) is 0.285. The van der Waals surface area contributed by atoms with Gasteiger partial charge < -0.3 is 9.47 Å². The van der Waals surface area contributed by atoms with E-state index in [9.17, 15) is 4.79 Å². The number of rotatable bonds is 5. The predicted molar refractivity (Wildman–Crippen MR) is 125 cm³/mol. The van der Waals surface area contributed by atoms with Crippen molar-refractivity contribution >= 4 is 16.9 Å². The van der Waals surface area contributed by atoms with E-state index in [-0.39, 0.29) is 12.6 Å². The quantitative estimate of drug-likeness (QED) is 0.293. The minimum atomic E-state index is -0.921. The van der Waals surface area contributed by atoms with Crippen molar-refractivity contribution in [3.63, 3.8) is 0 Å². The van der Waals surface area contributed by atoms with Crippen molar-refractivity contribution < 1.29 is 14.3 Å². The van der Waals surface area contributed by atoms with Gasteiger partial charge in [0.1, 0.15) is 17.9 Å². The van der Waals surface area contributed by atoms with E-state index < -0.39 is 5.60 Å². The Hall–Kier alpha value is -3.92. The lowest BCUT2D eigenvalue weighted by Crippen LogP contribution is -2.33. The zero-order valence-corrected chi connectivity index (χ0v) is 17.9. The molecule has 4 heteroatoms. The molecule has 0 bridgehead atoms. The molecule has 0 N–H and O–H groups in total. The van der Waals surface area contributed by atoms with Crippen LogP contribution in [-0.4, -0.2) is 17.6 Å². The summed E-state index contributed by atoms with van der Waals surface area (Å²) in [4.78, 5) is 17.0. The van der Waals surface area contributed by atoms with Gasteiger partial charge >= 0.3 is 5.97 Å². The SMILES string of the molecule is C=C1CC(COc2cccc3ccc(C)nc23)(c2ccc(-c3ccccc3)cc2)OC1=O. The van der Waals surface area contributed by atoms with Crippen LogP contribution in [0.25, 0.3) is 22.0 Å². The van der Waals surface area contributed by atoms with Crippen molar-refractivity contribution in [2.24, 2.45) is 0 Å². The van der Waals surface area contributed by atoms with Crippen molar-refractivity contribution in [3.8, 4) is 16.9 Å². The highest BCUT2D eigenvalue weighted by Gasteiger charge is 2.45. The minimum absolute atomic E-state index is 0.178. The largest absolute Gasteiger partial charge is 0.487 e. The third-order valence-corrected chi connectivity index (χ3v) is 5.88. The molecule has 1 fully saturated rings. The van der Waals surface area contributed by atoms with Gasteiger partial charge in [-0.3, -0.25) is 0 Å². The number of nitrogens with zero attached hydrogens (tertiary/aromatic N) is 1. The zero-order chi connectivity index (χ0) is 22.1. The normalized spacial score (nSPS) is 18.0. The van der Waals surface area contributed by atoms with Gasteiger partial charge in [0.2, 0.25) is 0 Å². The smallest absolute Gasteiger partial charge is 0.334 e. The summed E-state index contributed by atoms with van der Waals surface area (Å²) in [5, 5.41) is 1.00. The Morgan fingerprint density at radius 1 is 0.938 bits per heavy atom. The van der Waals surface area contributed by atoms with Crippen molar-refractivity contribution in [1.29, 1.82) is 0 Å². The maximum absolute atomic E-state index is 12.3. The second-order valence-electron chi connectivity index (χ2n) is 8.18. The molecule has 1 saturated heterocycles. The van der Waals surface area contributed by atoms with E-state index in [4.69, 9.17) is 9.47 Å². The van der Waals surface area contributed by atoms with Crippen LogP contribution in [0, 0.1) is 6.92 Å². The van der Waals surface area contributed by atoms with Gasteiger partial charge in [0.15, 0.2) is 5.60 Å². The number of cyclic esters (lactones) is 1. The molecule has 4 aromatic rings. The fourth-order valence-electron chi connectivity index (χ4n) is 4.15. The maximum Gasteiger partial charge on any atom is 0.334 e. The van der Waals surface area contributed by atoms with E-state index in [0.29, 0.717) is 17.7 Å². The summed E-state index contributed by atoms with van der Waals surface area (Å²) in [5.41, 5.74) is 4.36. The molecule has 0 saturated carbocycles. The highest BCUT2D eigenvalue weighted by atomic mass is 16.6. The predicted octanol–water partition coefficient (Wildman–Crippen LogP) is 5.99.